The van der Waals surface area contributed by atoms with Crippen molar-refractivity contribution >= 4 is 5.78 Å². The zero-order valence-corrected chi connectivity index (χ0v) is 15.7. The summed E-state index contributed by atoms with van der Waals surface area (Å²) in [4.78, 5) is 12.3. The highest BCUT2D eigenvalue weighted by atomic mass is 16.1. The van der Waals surface area contributed by atoms with Gasteiger partial charge in [-0.25, -0.2) is 0 Å². The molecule has 0 radical (unpaired) electrons. The molecule has 0 aliphatic heterocycles. The van der Waals surface area contributed by atoms with Gasteiger partial charge < -0.3 is 0 Å². The molecule has 4 rings (SSSR count). The molecular formula is C22H36O. The summed E-state index contributed by atoms with van der Waals surface area (Å²) >= 11 is 0. The third-order valence-electron chi connectivity index (χ3n) is 9.02. The number of hydrogen-bond donors (Lipinski definition) is 0. The number of carbonyl (C=O) groups is 1. The number of carbonyl (C=O) groups excluding carboxylic acids is 1. The molecule has 0 saturated heterocycles. The average molecular weight is 317 g/mol. The van der Waals surface area contributed by atoms with Crippen LogP contribution in [0.2, 0.25) is 0 Å². The SMILES string of the molecule is CC(=O)C1CC(C)C2C3CCC4CC(C)CCC4C3CCC12C. The third kappa shape index (κ3) is 2.35. The molecule has 0 bridgehead atoms. The van der Waals surface area contributed by atoms with Crippen LogP contribution in [0.25, 0.3) is 0 Å². The monoisotopic (exact) mass is 316 g/mol. The molecule has 0 amide bonds. The molecule has 1 heteroatoms. The summed E-state index contributed by atoms with van der Waals surface area (Å²) in [6.07, 6.45) is 11.3. The Morgan fingerprint density at radius 2 is 1.65 bits per heavy atom. The van der Waals surface area contributed by atoms with E-state index in [2.05, 4.69) is 20.8 Å². The van der Waals surface area contributed by atoms with Crippen LogP contribution in [-0.2, 0) is 4.79 Å². The summed E-state index contributed by atoms with van der Waals surface area (Å²) < 4.78 is 0. The average Bonchev–Trinajstić information content (AvgIpc) is 2.78. The summed E-state index contributed by atoms with van der Waals surface area (Å²) in [7, 11) is 0. The predicted molar refractivity (Wildman–Crippen MR) is 95.0 cm³/mol. The Bertz CT molecular complexity index is 482. The molecule has 0 spiro atoms. The molecule has 0 N–H and O–H groups in total. The predicted octanol–water partition coefficient (Wildman–Crippen LogP) is 5.73. The molecule has 0 heterocycles. The van der Waals surface area contributed by atoms with Crippen molar-refractivity contribution in [1.82, 2.24) is 0 Å². The Morgan fingerprint density at radius 3 is 2.39 bits per heavy atom. The minimum Gasteiger partial charge on any atom is -0.300 e. The minimum atomic E-state index is 0.321. The Kier molecular flexibility index (Phi) is 3.93. The molecule has 4 aliphatic rings. The molecule has 0 aromatic heterocycles. The van der Waals surface area contributed by atoms with E-state index in [1.807, 2.05) is 6.92 Å². The van der Waals surface area contributed by atoms with E-state index in [0.29, 0.717) is 17.1 Å². The molecule has 1 nitrogen and oxygen atoms in total. The summed E-state index contributed by atoms with van der Waals surface area (Å²) in [5.74, 6) is 7.37. The maximum atomic E-state index is 12.3. The molecule has 4 aliphatic carbocycles. The number of Topliss-reactive ketones (excluding diaryl/α,β-unsaturated/α-hetero) is 1. The normalized spacial score (nSPS) is 55.7. The van der Waals surface area contributed by atoms with Crippen LogP contribution < -0.4 is 0 Å². The molecule has 4 fully saturated rings. The van der Waals surface area contributed by atoms with Gasteiger partial charge in [-0.05, 0) is 98.7 Å². The second-order valence-corrected chi connectivity index (χ2v) is 10.2. The lowest BCUT2D eigenvalue weighted by Gasteiger charge is -2.56. The number of hydrogen-bond acceptors (Lipinski definition) is 1. The van der Waals surface area contributed by atoms with E-state index < -0.39 is 0 Å². The van der Waals surface area contributed by atoms with Crippen molar-refractivity contribution in [2.75, 3.05) is 0 Å². The van der Waals surface area contributed by atoms with Gasteiger partial charge in [0.15, 0.2) is 0 Å². The van der Waals surface area contributed by atoms with Crippen LogP contribution >= 0.6 is 0 Å². The van der Waals surface area contributed by atoms with Crippen molar-refractivity contribution in [2.45, 2.75) is 79.1 Å². The summed E-state index contributed by atoms with van der Waals surface area (Å²) in [5.41, 5.74) is 0.321. The van der Waals surface area contributed by atoms with Gasteiger partial charge in [0.25, 0.3) is 0 Å². The van der Waals surface area contributed by atoms with Crippen LogP contribution in [0.5, 0.6) is 0 Å². The third-order valence-corrected chi connectivity index (χ3v) is 9.02. The minimum absolute atomic E-state index is 0.321. The second-order valence-electron chi connectivity index (χ2n) is 10.2. The van der Waals surface area contributed by atoms with Crippen molar-refractivity contribution in [3.63, 3.8) is 0 Å². The van der Waals surface area contributed by atoms with E-state index in [1.165, 1.54) is 51.4 Å². The summed E-state index contributed by atoms with van der Waals surface area (Å²) in [6, 6.07) is 0. The van der Waals surface area contributed by atoms with Gasteiger partial charge in [0.05, 0.1) is 0 Å². The Labute approximate surface area is 143 Å². The molecular weight excluding hydrogens is 280 g/mol. The Hall–Kier alpha value is -0.330. The number of fused-ring (bicyclic) bond motifs is 5. The Balaban J connectivity index is 1.60. The van der Waals surface area contributed by atoms with Crippen LogP contribution in [0.3, 0.4) is 0 Å². The van der Waals surface area contributed by atoms with E-state index in [0.717, 1.165) is 41.4 Å². The van der Waals surface area contributed by atoms with E-state index in [9.17, 15) is 4.79 Å². The van der Waals surface area contributed by atoms with Crippen molar-refractivity contribution in [1.29, 1.82) is 0 Å². The van der Waals surface area contributed by atoms with E-state index in [-0.39, 0.29) is 0 Å². The van der Waals surface area contributed by atoms with Crippen LogP contribution in [0.15, 0.2) is 0 Å². The first-order chi connectivity index (χ1) is 10.9. The largest absolute Gasteiger partial charge is 0.300 e. The molecule has 0 aromatic rings. The van der Waals surface area contributed by atoms with Crippen LogP contribution in [-0.4, -0.2) is 5.78 Å². The molecule has 4 saturated carbocycles. The highest BCUT2D eigenvalue weighted by Gasteiger charge is 2.60. The fourth-order valence-corrected chi connectivity index (χ4v) is 8.26. The van der Waals surface area contributed by atoms with Crippen molar-refractivity contribution in [3.05, 3.63) is 0 Å². The highest BCUT2D eigenvalue weighted by molar-refractivity contribution is 5.79. The van der Waals surface area contributed by atoms with Gasteiger partial charge in [0.2, 0.25) is 0 Å². The zero-order chi connectivity index (χ0) is 16.4. The quantitative estimate of drug-likeness (QED) is 0.604. The fraction of sp³-hybridized carbons (Fsp3) is 0.955. The van der Waals surface area contributed by atoms with Crippen molar-refractivity contribution in [2.24, 2.45) is 52.8 Å². The van der Waals surface area contributed by atoms with Crippen LogP contribution in [0.4, 0.5) is 0 Å². The van der Waals surface area contributed by atoms with Gasteiger partial charge in [-0.1, -0.05) is 27.2 Å². The first-order valence-corrected chi connectivity index (χ1v) is 10.4. The number of ketones is 1. The van der Waals surface area contributed by atoms with Gasteiger partial charge in [-0.2, -0.15) is 0 Å². The van der Waals surface area contributed by atoms with E-state index >= 15 is 0 Å². The van der Waals surface area contributed by atoms with Crippen molar-refractivity contribution in [3.8, 4) is 0 Å². The highest BCUT2D eigenvalue weighted by Crippen LogP contribution is 2.66. The molecule has 9 atom stereocenters. The molecule has 0 aromatic carbocycles. The molecule has 130 valence electrons. The van der Waals surface area contributed by atoms with Gasteiger partial charge in [-0.3, -0.25) is 4.79 Å². The van der Waals surface area contributed by atoms with Crippen molar-refractivity contribution < 1.29 is 4.79 Å². The topological polar surface area (TPSA) is 17.1 Å². The lowest BCUT2D eigenvalue weighted by Crippen LogP contribution is -2.50. The number of rotatable bonds is 1. The van der Waals surface area contributed by atoms with Gasteiger partial charge >= 0.3 is 0 Å². The smallest absolute Gasteiger partial charge is 0.133 e. The van der Waals surface area contributed by atoms with Crippen LogP contribution in [0.1, 0.15) is 79.1 Å². The van der Waals surface area contributed by atoms with E-state index in [4.69, 9.17) is 0 Å². The van der Waals surface area contributed by atoms with Crippen LogP contribution in [0, 0.1) is 52.8 Å². The standard InChI is InChI=1S/C22H36O/c1-13-5-7-17-16(11-13)6-8-19-18(17)9-10-22(4)20(15(3)23)12-14(2)21(19)22/h13-14,16-21H,5-12H2,1-4H3. The van der Waals surface area contributed by atoms with Gasteiger partial charge in [-0.15, -0.1) is 0 Å². The maximum absolute atomic E-state index is 12.3. The van der Waals surface area contributed by atoms with Gasteiger partial charge in [0, 0.05) is 5.92 Å². The second kappa shape index (κ2) is 5.60. The Morgan fingerprint density at radius 1 is 0.913 bits per heavy atom. The first kappa shape index (κ1) is 16.2. The first-order valence-electron chi connectivity index (χ1n) is 10.4. The maximum Gasteiger partial charge on any atom is 0.133 e. The fourth-order valence-electron chi connectivity index (χ4n) is 8.26. The lowest BCUT2D eigenvalue weighted by atomic mass is 9.48. The summed E-state index contributed by atoms with van der Waals surface area (Å²) in [5, 5.41) is 0. The molecule has 9 unspecified atom stereocenters. The lowest BCUT2D eigenvalue weighted by molar-refractivity contribution is -0.128. The molecule has 23 heavy (non-hydrogen) atoms. The van der Waals surface area contributed by atoms with Gasteiger partial charge in [0.1, 0.15) is 5.78 Å². The summed E-state index contributed by atoms with van der Waals surface area (Å²) in [6.45, 7) is 9.27. The zero-order valence-electron chi connectivity index (χ0n) is 15.7. The van der Waals surface area contributed by atoms with E-state index in [1.54, 1.807) is 0 Å².